The Morgan fingerprint density at radius 3 is 3.00 bits per heavy atom. The zero-order valence-electron chi connectivity index (χ0n) is 6.09. The summed E-state index contributed by atoms with van der Waals surface area (Å²) in [7, 11) is 0. The molecule has 1 aliphatic rings. The molecule has 0 spiro atoms. The largest absolute Gasteiger partial charge is 0.430 e. The second-order valence-electron chi connectivity index (χ2n) is 2.35. The lowest BCUT2D eigenvalue weighted by Crippen LogP contribution is -2.04. The van der Waals surface area contributed by atoms with Crippen LogP contribution < -0.4 is 0 Å². The first-order chi connectivity index (χ1) is 4.70. The second kappa shape index (κ2) is 3.10. The smallest absolute Gasteiger partial charge is 0.307 e. The zero-order valence-corrected chi connectivity index (χ0v) is 6.90. The van der Waals surface area contributed by atoms with E-state index in [9.17, 15) is 4.79 Å². The molecule has 0 saturated carbocycles. The lowest BCUT2D eigenvalue weighted by Gasteiger charge is -2.05. The van der Waals surface area contributed by atoms with E-state index in [4.69, 9.17) is 4.74 Å². The third-order valence-corrected chi connectivity index (χ3v) is 2.38. The molecule has 3 heteroatoms. The van der Waals surface area contributed by atoms with E-state index in [1.807, 2.05) is 5.41 Å². The van der Waals surface area contributed by atoms with E-state index < -0.39 is 0 Å². The lowest BCUT2D eigenvalue weighted by molar-refractivity contribution is -0.137. The quantitative estimate of drug-likeness (QED) is 0.544. The van der Waals surface area contributed by atoms with Gasteiger partial charge in [0.05, 0.1) is 0 Å². The molecule has 10 heavy (non-hydrogen) atoms. The normalized spacial score (nSPS) is 24.2. The summed E-state index contributed by atoms with van der Waals surface area (Å²) in [6, 6.07) is 0. The first kappa shape index (κ1) is 7.66. The number of esters is 1. The molecule has 0 bridgehead atoms. The first-order valence-corrected chi connectivity index (χ1v) is 4.25. The molecule has 0 aromatic carbocycles. The highest BCUT2D eigenvalue weighted by atomic mass is 32.2. The Morgan fingerprint density at radius 2 is 2.60 bits per heavy atom. The standard InChI is InChI=1S/C7H10O2S/c1-5-3-10-4-7(5)9-6(2)8/h4-5H,3H2,1-2H3. The minimum absolute atomic E-state index is 0.222. The number of hydrogen-bond acceptors (Lipinski definition) is 3. The second-order valence-corrected chi connectivity index (χ2v) is 3.25. The molecule has 0 radical (unpaired) electrons. The highest BCUT2D eigenvalue weighted by molar-refractivity contribution is 8.02. The number of allylic oxidation sites excluding steroid dienone is 1. The summed E-state index contributed by atoms with van der Waals surface area (Å²) in [4.78, 5) is 10.5. The molecular weight excluding hydrogens is 148 g/mol. The number of ether oxygens (including phenoxy) is 1. The third-order valence-electron chi connectivity index (χ3n) is 1.29. The van der Waals surface area contributed by atoms with Crippen LogP contribution in [-0.2, 0) is 9.53 Å². The van der Waals surface area contributed by atoms with Gasteiger partial charge in [0, 0.05) is 24.0 Å². The van der Waals surface area contributed by atoms with Gasteiger partial charge in [-0.2, -0.15) is 0 Å². The summed E-state index contributed by atoms with van der Waals surface area (Å²) < 4.78 is 4.92. The van der Waals surface area contributed by atoms with Crippen LogP contribution in [0.3, 0.4) is 0 Å². The van der Waals surface area contributed by atoms with Crippen molar-refractivity contribution in [3.63, 3.8) is 0 Å². The third kappa shape index (κ3) is 1.77. The van der Waals surface area contributed by atoms with Crippen LogP contribution >= 0.6 is 11.8 Å². The van der Waals surface area contributed by atoms with Crippen LogP contribution in [0.1, 0.15) is 13.8 Å². The van der Waals surface area contributed by atoms with Gasteiger partial charge in [-0.25, -0.2) is 0 Å². The van der Waals surface area contributed by atoms with Gasteiger partial charge in [-0.05, 0) is 0 Å². The average molecular weight is 158 g/mol. The van der Waals surface area contributed by atoms with E-state index in [2.05, 4.69) is 6.92 Å². The van der Waals surface area contributed by atoms with Gasteiger partial charge < -0.3 is 4.74 Å². The molecule has 0 aromatic rings. The van der Waals surface area contributed by atoms with Crippen molar-refractivity contribution in [1.82, 2.24) is 0 Å². The lowest BCUT2D eigenvalue weighted by atomic mass is 10.2. The van der Waals surface area contributed by atoms with Crippen molar-refractivity contribution < 1.29 is 9.53 Å². The summed E-state index contributed by atoms with van der Waals surface area (Å²) in [5.74, 6) is 2.02. The molecule has 1 unspecified atom stereocenters. The summed E-state index contributed by atoms with van der Waals surface area (Å²) in [6.07, 6.45) is 0. The first-order valence-electron chi connectivity index (χ1n) is 3.20. The van der Waals surface area contributed by atoms with E-state index in [-0.39, 0.29) is 5.97 Å². The maximum atomic E-state index is 10.5. The van der Waals surface area contributed by atoms with Crippen LogP contribution in [0.2, 0.25) is 0 Å². The predicted octanol–water partition coefficient (Wildman–Crippen LogP) is 1.77. The van der Waals surface area contributed by atoms with Gasteiger partial charge in [-0.1, -0.05) is 6.92 Å². The van der Waals surface area contributed by atoms with Crippen molar-refractivity contribution in [3.8, 4) is 0 Å². The van der Waals surface area contributed by atoms with E-state index >= 15 is 0 Å². The van der Waals surface area contributed by atoms with Crippen molar-refractivity contribution in [3.05, 3.63) is 11.2 Å². The monoisotopic (exact) mass is 158 g/mol. The molecule has 2 nitrogen and oxygen atoms in total. The molecule has 1 rings (SSSR count). The van der Waals surface area contributed by atoms with Gasteiger partial charge in [0.25, 0.3) is 0 Å². The van der Waals surface area contributed by atoms with E-state index in [1.165, 1.54) is 6.92 Å². The number of thioether (sulfide) groups is 1. The Hall–Kier alpha value is -0.440. The van der Waals surface area contributed by atoms with E-state index in [0.717, 1.165) is 11.5 Å². The Balaban J connectivity index is 2.47. The molecule has 56 valence electrons. The summed E-state index contributed by atoms with van der Waals surface area (Å²) in [5.41, 5.74) is 0. The van der Waals surface area contributed by atoms with E-state index in [1.54, 1.807) is 11.8 Å². The van der Waals surface area contributed by atoms with Crippen molar-refractivity contribution in [2.24, 2.45) is 5.92 Å². The summed E-state index contributed by atoms with van der Waals surface area (Å²) in [6.45, 7) is 3.48. The predicted molar refractivity (Wildman–Crippen MR) is 41.5 cm³/mol. The topological polar surface area (TPSA) is 26.3 Å². The van der Waals surface area contributed by atoms with Gasteiger partial charge >= 0.3 is 5.97 Å². The van der Waals surface area contributed by atoms with Gasteiger partial charge in [-0.3, -0.25) is 4.79 Å². The highest BCUT2D eigenvalue weighted by Gasteiger charge is 2.17. The van der Waals surface area contributed by atoms with Crippen molar-refractivity contribution in [2.45, 2.75) is 13.8 Å². The van der Waals surface area contributed by atoms with Crippen LogP contribution in [0.15, 0.2) is 11.2 Å². The summed E-state index contributed by atoms with van der Waals surface area (Å²) in [5, 5.41) is 1.91. The van der Waals surface area contributed by atoms with Crippen molar-refractivity contribution in [2.75, 3.05) is 5.75 Å². The number of carbonyl (C=O) groups excluding carboxylic acids is 1. The minimum atomic E-state index is -0.222. The average Bonchev–Trinajstić information content (AvgIpc) is 2.15. The van der Waals surface area contributed by atoms with Gasteiger partial charge in [0.15, 0.2) is 0 Å². The number of rotatable bonds is 1. The van der Waals surface area contributed by atoms with Gasteiger partial charge in [-0.15, -0.1) is 11.8 Å². The molecule has 0 amide bonds. The van der Waals surface area contributed by atoms with Crippen LogP contribution in [0.25, 0.3) is 0 Å². The maximum Gasteiger partial charge on any atom is 0.307 e. The van der Waals surface area contributed by atoms with Gasteiger partial charge in [0.2, 0.25) is 0 Å². The molecule has 0 saturated heterocycles. The Kier molecular flexibility index (Phi) is 2.38. The molecule has 1 aliphatic heterocycles. The number of hydrogen-bond donors (Lipinski definition) is 0. The summed E-state index contributed by atoms with van der Waals surface area (Å²) >= 11 is 1.69. The van der Waals surface area contributed by atoms with Crippen molar-refractivity contribution in [1.29, 1.82) is 0 Å². The molecule has 0 aromatic heterocycles. The zero-order chi connectivity index (χ0) is 7.56. The van der Waals surface area contributed by atoms with E-state index in [0.29, 0.717) is 5.92 Å². The Morgan fingerprint density at radius 1 is 1.90 bits per heavy atom. The SMILES string of the molecule is CC(=O)OC1=CSCC1C. The molecule has 0 aliphatic carbocycles. The van der Waals surface area contributed by atoms with Crippen LogP contribution in [-0.4, -0.2) is 11.7 Å². The fraction of sp³-hybridized carbons (Fsp3) is 0.571. The molecular formula is C7H10O2S. The minimum Gasteiger partial charge on any atom is -0.430 e. The fourth-order valence-electron chi connectivity index (χ4n) is 0.763. The van der Waals surface area contributed by atoms with Crippen LogP contribution in [0, 0.1) is 5.92 Å². The Bertz CT molecular complexity index is 174. The van der Waals surface area contributed by atoms with Crippen LogP contribution in [0.4, 0.5) is 0 Å². The maximum absolute atomic E-state index is 10.5. The van der Waals surface area contributed by atoms with Gasteiger partial charge in [0.1, 0.15) is 5.76 Å². The fourth-order valence-corrected chi connectivity index (χ4v) is 1.76. The molecule has 0 N–H and O–H groups in total. The highest BCUT2D eigenvalue weighted by Crippen LogP contribution is 2.28. The number of carbonyl (C=O) groups is 1. The van der Waals surface area contributed by atoms with Crippen molar-refractivity contribution >= 4 is 17.7 Å². The molecule has 0 fully saturated rings. The van der Waals surface area contributed by atoms with Crippen LogP contribution in [0.5, 0.6) is 0 Å². The Labute approximate surface area is 64.6 Å². The molecule has 1 atom stereocenters. The molecule has 1 heterocycles.